The van der Waals surface area contributed by atoms with E-state index in [1.54, 1.807) is 12.3 Å². The third kappa shape index (κ3) is 4.50. The summed E-state index contributed by atoms with van der Waals surface area (Å²) in [5.41, 5.74) is 3.17. The van der Waals surface area contributed by atoms with Crippen molar-refractivity contribution in [3.8, 4) is 39.3 Å². The van der Waals surface area contributed by atoms with Crippen molar-refractivity contribution in [1.82, 2.24) is 19.9 Å². The lowest BCUT2D eigenvalue weighted by molar-refractivity contribution is -0.107. The molecule has 1 saturated carbocycles. The molecule has 0 saturated heterocycles. The highest BCUT2D eigenvalue weighted by Crippen LogP contribution is 2.41. The minimum atomic E-state index is -2.74. The van der Waals surface area contributed by atoms with E-state index in [9.17, 15) is 13.6 Å². The fraction of sp³-hybridized carbons (Fsp3) is 0.240. The van der Waals surface area contributed by atoms with Crippen LogP contribution in [0.3, 0.4) is 0 Å². The van der Waals surface area contributed by atoms with E-state index >= 15 is 0 Å². The van der Waals surface area contributed by atoms with Gasteiger partial charge in [-0.25, -0.2) is 23.7 Å². The normalized spacial score (nSPS) is 13.1. The number of hydrogen-bond acceptors (Lipinski definition) is 7. The van der Waals surface area contributed by atoms with Crippen LogP contribution in [0.1, 0.15) is 36.2 Å². The molecule has 4 aromatic rings. The number of nitrogens with zero attached hydrogens (tertiary/aromatic N) is 4. The number of fused-ring (bicyclic) bond motifs is 1. The summed E-state index contributed by atoms with van der Waals surface area (Å²) in [6.07, 6.45) is 3.38. The van der Waals surface area contributed by atoms with Crippen molar-refractivity contribution >= 4 is 28.1 Å². The number of ether oxygens (including phenoxy) is 1. The van der Waals surface area contributed by atoms with Crippen LogP contribution in [0.25, 0.3) is 32.2 Å². The van der Waals surface area contributed by atoms with Gasteiger partial charge in [-0.3, -0.25) is 4.98 Å². The molecule has 0 spiro atoms. The summed E-state index contributed by atoms with van der Waals surface area (Å²) in [6.45, 7) is 0. The number of hydrogen-bond donors (Lipinski definition) is 0. The van der Waals surface area contributed by atoms with Crippen molar-refractivity contribution < 1.29 is 18.3 Å². The van der Waals surface area contributed by atoms with Crippen LogP contribution in [0.5, 0.6) is 5.75 Å². The number of rotatable bonds is 6. The number of halogens is 2. The number of carbonyl (C=O) groups excluding carboxylic acids is 1. The summed E-state index contributed by atoms with van der Waals surface area (Å²) in [7, 11) is 1.45. The van der Waals surface area contributed by atoms with E-state index in [1.807, 2.05) is 12.1 Å². The van der Waals surface area contributed by atoms with E-state index < -0.39 is 6.43 Å². The summed E-state index contributed by atoms with van der Waals surface area (Å²) in [5, 5.41) is 0.618. The van der Waals surface area contributed by atoms with Gasteiger partial charge in [-0.2, -0.15) is 0 Å². The molecule has 1 fully saturated rings. The largest absolute Gasteiger partial charge is 0.494 e. The molecule has 34 heavy (non-hydrogen) atoms. The first-order valence-corrected chi connectivity index (χ1v) is 11.4. The zero-order valence-electron chi connectivity index (χ0n) is 18.1. The second kappa shape index (κ2) is 9.23. The molecule has 0 radical (unpaired) electrons. The maximum atomic E-state index is 13.4. The monoisotopic (exact) mass is 476 g/mol. The lowest BCUT2D eigenvalue weighted by Gasteiger charge is -2.14. The summed E-state index contributed by atoms with van der Waals surface area (Å²) in [6, 6.07) is 6.73. The molecule has 6 nitrogen and oxygen atoms in total. The predicted molar refractivity (Wildman–Crippen MR) is 125 cm³/mol. The van der Waals surface area contributed by atoms with Crippen LogP contribution in [0.15, 0.2) is 36.7 Å². The number of thiazole rings is 1. The Kier molecular flexibility index (Phi) is 5.99. The Morgan fingerprint density at radius 2 is 2.00 bits per heavy atom. The maximum Gasteiger partial charge on any atom is 0.280 e. The van der Waals surface area contributed by atoms with Crippen molar-refractivity contribution in [2.45, 2.75) is 25.7 Å². The molecular weight excluding hydrogens is 458 g/mol. The number of aldehydes is 1. The SMILES string of the molecule is COc1cnc(C(F)F)cc1-c1cc(CC=O)ccc1-c1nc2ncc(C#CC3CC3)nc2s1. The van der Waals surface area contributed by atoms with E-state index in [2.05, 4.69) is 31.8 Å². The quantitative estimate of drug-likeness (QED) is 0.279. The van der Waals surface area contributed by atoms with Crippen molar-refractivity contribution in [3.63, 3.8) is 0 Å². The Hall–Kier alpha value is -3.77. The summed E-state index contributed by atoms with van der Waals surface area (Å²) in [5.74, 6) is 7.03. The average molecular weight is 477 g/mol. The third-order valence-corrected chi connectivity index (χ3v) is 6.33. The zero-order chi connectivity index (χ0) is 23.7. The van der Waals surface area contributed by atoms with Gasteiger partial charge in [0.15, 0.2) is 10.5 Å². The van der Waals surface area contributed by atoms with Gasteiger partial charge in [0, 0.05) is 23.5 Å². The van der Waals surface area contributed by atoms with Gasteiger partial charge in [-0.1, -0.05) is 29.4 Å². The van der Waals surface area contributed by atoms with E-state index in [0.717, 1.165) is 24.7 Å². The summed E-state index contributed by atoms with van der Waals surface area (Å²) < 4.78 is 32.3. The van der Waals surface area contributed by atoms with Crippen molar-refractivity contribution in [3.05, 3.63) is 53.6 Å². The average Bonchev–Trinajstić information content (AvgIpc) is 3.59. The van der Waals surface area contributed by atoms with Crippen molar-refractivity contribution in [2.75, 3.05) is 7.11 Å². The minimum absolute atomic E-state index is 0.189. The van der Waals surface area contributed by atoms with Gasteiger partial charge in [0.05, 0.1) is 19.5 Å². The first-order valence-electron chi connectivity index (χ1n) is 10.6. The fourth-order valence-electron chi connectivity index (χ4n) is 3.48. The first kappa shape index (κ1) is 22.0. The molecule has 0 atom stereocenters. The third-order valence-electron chi connectivity index (χ3n) is 5.36. The van der Waals surface area contributed by atoms with Gasteiger partial charge < -0.3 is 9.53 Å². The highest BCUT2D eigenvalue weighted by atomic mass is 32.1. The van der Waals surface area contributed by atoms with Gasteiger partial charge >= 0.3 is 0 Å². The Balaban J connectivity index is 1.65. The van der Waals surface area contributed by atoms with Crippen LogP contribution >= 0.6 is 11.3 Å². The molecule has 0 aliphatic heterocycles. The zero-order valence-corrected chi connectivity index (χ0v) is 18.9. The molecule has 0 bridgehead atoms. The molecule has 3 aromatic heterocycles. The van der Waals surface area contributed by atoms with E-state index in [1.165, 1.54) is 30.7 Å². The Labute approximate surface area is 198 Å². The molecule has 5 rings (SSSR count). The Bertz CT molecular complexity index is 1450. The number of aromatic nitrogens is 4. The molecule has 0 amide bonds. The summed E-state index contributed by atoms with van der Waals surface area (Å²) in [4.78, 5) is 29.2. The van der Waals surface area contributed by atoms with Crippen LogP contribution in [0.2, 0.25) is 0 Å². The minimum Gasteiger partial charge on any atom is -0.494 e. The van der Waals surface area contributed by atoms with Crippen LogP contribution in [-0.2, 0) is 11.2 Å². The number of methoxy groups -OCH3 is 1. The second-order valence-electron chi connectivity index (χ2n) is 7.81. The number of carbonyl (C=O) groups is 1. The highest BCUT2D eigenvalue weighted by Gasteiger charge is 2.20. The predicted octanol–water partition coefficient (Wildman–Crippen LogP) is 5.26. The Morgan fingerprint density at radius 3 is 2.74 bits per heavy atom. The van der Waals surface area contributed by atoms with Crippen LogP contribution in [0, 0.1) is 17.8 Å². The van der Waals surface area contributed by atoms with Gasteiger partial charge in [0.25, 0.3) is 6.43 Å². The lowest BCUT2D eigenvalue weighted by Crippen LogP contribution is -1.97. The standard InChI is InChI=1S/C25H18F2N4O2S/c1-33-21-13-28-20(22(26)27)11-19(21)18-10-15(8-9-32)5-7-17(18)24-31-23-25(34-24)30-16(12-29-23)6-4-14-2-3-14/h5,7,9-14,22H,2-3,8H2,1H3. The van der Waals surface area contributed by atoms with Gasteiger partial charge in [0.2, 0.25) is 0 Å². The van der Waals surface area contributed by atoms with Gasteiger partial charge in [-0.05, 0) is 42.0 Å². The number of pyridine rings is 1. The topological polar surface area (TPSA) is 77.9 Å². The number of alkyl halides is 2. The maximum absolute atomic E-state index is 13.4. The molecule has 170 valence electrons. The lowest BCUT2D eigenvalue weighted by atomic mass is 9.96. The second-order valence-corrected chi connectivity index (χ2v) is 8.79. The smallest absolute Gasteiger partial charge is 0.280 e. The highest BCUT2D eigenvalue weighted by molar-refractivity contribution is 7.21. The molecular formula is C25H18F2N4O2S. The molecule has 9 heteroatoms. The van der Waals surface area contributed by atoms with Crippen molar-refractivity contribution in [1.29, 1.82) is 0 Å². The molecule has 3 heterocycles. The molecule has 0 unspecified atom stereocenters. The number of benzene rings is 1. The molecule has 1 aliphatic rings. The fourth-order valence-corrected chi connectivity index (χ4v) is 4.41. The van der Waals surface area contributed by atoms with Crippen molar-refractivity contribution in [2.24, 2.45) is 5.92 Å². The summed E-state index contributed by atoms with van der Waals surface area (Å²) >= 11 is 1.34. The molecule has 0 N–H and O–H groups in total. The van der Waals surface area contributed by atoms with Gasteiger partial charge in [-0.15, -0.1) is 0 Å². The van der Waals surface area contributed by atoms with E-state index in [0.29, 0.717) is 49.5 Å². The molecule has 1 aliphatic carbocycles. The van der Waals surface area contributed by atoms with Crippen LogP contribution < -0.4 is 4.74 Å². The van der Waals surface area contributed by atoms with Gasteiger partial charge in [0.1, 0.15) is 28.4 Å². The van der Waals surface area contributed by atoms with E-state index in [-0.39, 0.29) is 12.1 Å². The van der Waals surface area contributed by atoms with E-state index in [4.69, 9.17) is 4.74 Å². The first-order chi connectivity index (χ1) is 16.6. The Morgan fingerprint density at radius 1 is 1.15 bits per heavy atom. The van der Waals surface area contributed by atoms with Crippen LogP contribution in [-0.4, -0.2) is 33.3 Å². The molecule has 1 aromatic carbocycles. The van der Waals surface area contributed by atoms with Crippen LogP contribution in [0.4, 0.5) is 8.78 Å².